The molecule has 0 saturated heterocycles. The van der Waals surface area contributed by atoms with Crippen LogP contribution in [0.3, 0.4) is 0 Å². The van der Waals surface area contributed by atoms with Crippen molar-refractivity contribution >= 4 is 17.0 Å². The molecule has 0 bridgehead atoms. The third-order valence-electron chi connectivity index (χ3n) is 2.22. The summed E-state index contributed by atoms with van der Waals surface area (Å²) in [7, 11) is 1.77. The lowest BCUT2D eigenvalue weighted by Gasteiger charge is -2.05. The molecule has 2 heterocycles. The van der Waals surface area contributed by atoms with Gasteiger partial charge in [0.25, 0.3) is 0 Å². The number of nitrogens with two attached hydrogens (primary N) is 1. The summed E-state index contributed by atoms with van der Waals surface area (Å²) in [6, 6.07) is 0.649. The molecule has 0 aromatic carbocycles. The molecule has 1 atom stereocenters. The highest BCUT2D eigenvalue weighted by molar-refractivity contribution is 5.79. The van der Waals surface area contributed by atoms with Crippen molar-refractivity contribution in [2.45, 2.75) is 6.04 Å². The van der Waals surface area contributed by atoms with Crippen LogP contribution in [0.1, 0.15) is 11.6 Å². The largest absolute Gasteiger partial charge is 0.480 e. The van der Waals surface area contributed by atoms with Gasteiger partial charge in [-0.25, -0.2) is 4.98 Å². The number of fused-ring (bicyclic) bond motifs is 1. The fourth-order valence-electron chi connectivity index (χ4n) is 1.37. The van der Waals surface area contributed by atoms with Gasteiger partial charge in [-0.3, -0.25) is 9.48 Å². The second-order valence-corrected chi connectivity index (χ2v) is 3.27. The highest BCUT2D eigenvalue weighted by atomic mass is 16.4. The summed E-state index contributed by atoms with van der Waals surface area (Å²) in [6.07, 6.45) is 3.09. The lowest BCUT2D eigenvalue weighted by atomic mass is 10.1. The molecule has 0 amide bonds. The first-order valence-electron chi connectivity index (χ1n) is 4.35. The third-order valence-corrected chi connectivity index (χ3v) is 2.22. The van der Waals surface area contributed by atoms with Gasteiger partial charge in [0, 0.05) is 18.6 Å². The van der Waals surface area contributed by atoms with Crippen LogP contribution >= 0.6 is 0 Å². The van der Waals surface area contributed by atoms with Crippen molar-refractivity contribution in [1.82, 2.24) is 14.8 Å². The molecule has 1 unspecified atom stereocenters. The van der Waals surface area contributed by atoms with E-state index >= 15 is 0 Å². The van der Waals surface area contributed by atoms with Crippen molar-refractivity contribution in [2.75, 3.05) is 0 Å². The summed E-state index contributed by atoms with van der Waals surface area (Å²) in [5.41, 5.74) is 6.65. The van der Waals surface area contributed by atoms with Crippen LogP contribution < -0.4 is 5.73 Å². The minimum atomic E-state index is -1.07. The Labute approximate surface area is 85.3 Å². The minimum Gasteiger partial charge on any atom is -0.480 e. The van der Waals surface area contributed by atoms with E-state index in [0.29, 0.717) is 11.2 Å². The van der Waals surface area contributed by atoms with Crippen LogP contribution in [0.5, 0.6) is 0 Å². The van der Waals surface area contributed by atoms with Gasteiger partial charge in [0.1, 0.15) is 6.04 Å². The number of aromatic nitrogens is 3. The number of nitrogens with zero attached hydrogens (tertiary/aromatic N) is 3. The Morgan fingerprint density at radius 1 is 1.60 bits per heavy atom. The van der Waals surface area contributed by atoms with Crippen LogP contribution in [-0.2, 0) is 11.8 Å². The quantitative estimate of drug-likeness (QED) is 0.724. The first-order valence-corrected chi connectivity index (χ1v) is 4.35. The maximum Gasteiger partial charge on any atom is 0.325 e. The number of carbonyl (C=O) groups is 1. The van der Waals surface area contributed by atoms with Gasteiger partial charge in [-0.15, -0.1) is 0 Å². The SMILES string of the molecule is Cn1ncc2cc(C(N)C(=O)O)cnc21. The van der Waals surface area contributed by atoms with Gasteiger partial charge >= 0.3 is 5.97 Å². The van der Waals surface area contributed by atoms with Gasteiger partial charge in [-0.1, -0.05) is 0 Å². The van der Waals surface area contributed by atoms with Crippen molar-refractivity contribution in [2.24, 2.45) is 12.8 Å². The van der Waals surface area contributed by atoms with E-state index in [1.807, 2.05) is 0 Å². The molecule has 3 N–H and O–H groups in total. The first kappa shape index (κ1) is 9.60. The van der Waals surface area contributed by atoms with E-state index in [2.05, 4.69) is 10.1 Å². The fourth-order valence-corrected chi connectivity index (χ4v) is 1.37. The van der Waals surface area contributed by atoms with Crippen LogP contribution in [0.25, 0.3) is 11.0 Å². The number of carboxylic acids is 1. The van der Waals surface area contributed by atoms with E-state index in [9.17, 15) is 4.79 Å². The smallest absolute Gasteiger partial charge is 0.325 e. The van der Waals surface area contributed by atoms with Gasteiger partial charge in [-0.2, -0.15) is 5.10 Å². The highest BCUT2D eigenvalue weighted by Gasteiger charge is 2.15. The molecule has 0 aliphatic rings. The molecule has 0 fully saturated rings. The number of carboxylic acid groups (broad SMARTS) is 1. The number of pyridine rings is 1. The molecule has 2 rings (SSSR count). The molecule has 0 aliphatic carbocycles. The van der Waals surface area contributed by atoms with Crippen molar-refractivity contribution in [3.63, 3.8) is 0 Å². The summed E-state index contributed by atoms with van der Waals surface area (Å²) in [5, 5.41) is 13.5. The van der Waals surface area contributed by atoms with Crippen LogP contribution in [0.4, 0.5) is 0 Å². The zero-order chi connectivity index (χ0) is 11.0. The van der Waals surface area contributed by atoms with E-state index in [4.69, 9.17) is 10.8 Å². The maximum atomic E-state index is 10.7. The van der Waals surface area contributed by atoms with Crippen molar-refractivity contribution < 1.29 is 9.90 Å². The van der Waals surface area contributed by atoms with Gasteiger partial charge < -0.3 is 10.8 Å². The van der Waals surface area contributed by atoms with Crippen LogP contribution in [0.2, 0.25) is 0 Å². The van der Waals surface area contributed by atoms with Gasteiger partial charge in [0.2, 0.25) is 0 Å². The molecular weight excluding hydrogens is 196 g/mol. The summed E-state index contributed by atoms with van der Waals surface area (Å²) in [5.74, 6) is -1.07. The molecule has 0 spiro atoms. The van der Waals surface area contributed by atoms with Crippen LogP contribution in [0.15, 0.2) is 18.5 Å². The Hall–Kier alpha value is -1.95. The molecule has 0 radical (unpaired) electrons. The molecule has 0 aliphatic heterocycles. The van der Waals surface area contributed by atoms with E-state index in [-0.39, 0.29) is 0 Å². The summed E-state index contributed by atoms with van der Waals surface area (Å²) in [6.45, 7) is 0. The van der Waals surface area contributed by atoms with E-state index in [1.54, 1.807) is 24.0 Å². The average Bonchev–Trinajstić information content (AvgIpc) is 2.59. The number of aryl methyl sites for hydroxylation is 1. The Balaban J connectivity index is 2.52. The number of hydrogen-bond donors (Lipinski definition) is 2. The normalized spacial score (nSPS) is 12.9. The molecule has 6 nitrogen and oxygen atoms in total. The minimum absolute atomic E-state index is 0.475. The first-order chi connectivity index (χ1) is 7.09. The number of rotatable bonds is 2. The molecule has 6 heteroatoms. The molecule has 78 valence electrons. The maximum absolute atomic E-state index is 10.7. The predicted octanol–water partition coefficient (Wildman–Crippen LogP) is 0.0527. The summed E-state index contributed by atoms with van der Waals surface area (Å²) < 4.78 is 1.62. The van der Waals surface area contributed by atoms with E-state index in [0.717, 1.165) is 5.39 Å². The monoisotopic (exact) mass is 206 g/mol. The van der Waals surface area contributed by atoms with Crippen LogP contribution in [-0.4, -0.2) is 25.8 Å². The van der Waals surface area contributed by atoms with Crippen molar-refractivity contribution in [1.29, 1.82) is 0 Å². The molecule has 15 heavy (non-hydrogen) atoms. The third kappa shape index (κ3) is 1.55. The zero-order valence-corrected chi connectivity index (χ0v) is 8.08. The molecule has 2 aromatic rings. The Bertz CT molecular complexity index is 520. The van der Waals surface area contributed by atoms with Crippen molar-refractivity contribution in [3.05, 3.63) is 24.0 Å². The Kier molecular flexibility index (Phi) is 2.12. The molecule has 2 aromatic heterocycles. The van der Waals surface area contributed by atoms with Crippen molar-refractivity contribution in [3.8, 4) is 0 Å². The van der Waals surface area contributed by atoms with Gasteiger partial charge in [-0.05, 0) is 11.6 Å². The standard InChI is InChI=1S/C9H10N4O2/c1-13-8-6(4-12-13)2-5(3-11-8)7(10)9(14)15/h2-4,7H,10H2,1H3,(H,14,15). The molecule has 0 saturated carbocycles. The lowest BCUT2D eigenvalue weighted by Crippen LogP contribution is -2.20. The Morgan fingerprint density at radius 3 is 3.00 bits per heavy atom. The van der Waals surface area contributed by atoms with E-state index in [1.165, 1.54) is 6.20 Å². The van der Waals surface area contributed by atoms with Crippen LogP contribution in [0, 0.1) is 0 Å². The Morgan fingerprint density at radius 2 is 2.33 bits per heavy atom. The lowest BCUT2D eigenvalue weighted by molar-refractivity contribution is -0.138. The zero-order valence-electron chi connectivity index (χ0n) is 8.08. The topological polar surface area (TPSA) is 94.0 Å². The number of aliphatic carboxylic acids is 1. The second kappa shape index (κ2) is 3.32. The fraction of sp³-hybridized carbons (Fsp3) is 0.222. The van der Waals surface area contributed by atoms with E-state index < -0.39 is 12.0 Å². The predicted molar refractivity (Wildman–Crippen MR) is 53.1 cm³/mol. The summed E-state index contributed by atoms with van der Waals surface area (Å²) >= 11 is 0. The average molecular weight is 206 g/mol. The highest BCUT2D eigenvalue weighted by Crippen LogP contribution is 2.16. The van der Waals surface area contributed by atoms with Gasteiger partial charge in [0.05, 0.1) is 6.20 Å². The number of hydrogen-bond acceptors (Lipinski definition) is 4. The molecular formula is C9H10N4O2. The second-order valence-electron chi connectivity index (χ2n) is 3.27. The van der Waals surface area contributed by atoms with Gasteiger partial charge in [0.15, 0.2) is 5.65 Å². The summed E-state index contributed by atoms with van der Waals surface area (Å²) in [4.78, 5) is 14.8.